The third-order valence-electron chi connectivity index (χ3n) is 2.44. The van der Waals surface area contributed by atoms with Gasteiger partial charge in [0.25, 0.3) is 0 Å². The summed E-state index contributed by atoms with van der Waals surface area (Å²) >= 11 is 11.7. The number of rotatable bonds is 1. The second kappa shape index (κ2) is 4.51. The van der Waals surface area contributed by atoms with Crippen LogP contribution in [0.15, 0.2) is 6.07 Å². The van der Waals surface area contributed by atoms with Crippen LogP contribution in [-0.2, 0) is 0 Å². The Hall–Kier alpha value is -0.580. The molecule has 2 rings (SSSR count). The smallest absolute Gasteiger partial charge is 0.175 e. The van der Waals surface area contributed by atoms with Crippen LogP contribution in [0.5, 0.6) is 0 Å². The van der Waals surface area contributed by atoms with E-state index in [1.165, 1.54) is 0 Å². The Morgan fingerprint density at radius 1 is 1.40 bits per heavy atom. The van der Waals surface area contributed by atoms with Crippen molar-refractivity contribution in [2.75, 3.05) is 18.0 Å². The van der Waals surface area contributed by atoms with Gasteiger partial charge in [0.15, 0.2) is 10.3 Å². The quantitative estimate of drug-likeness (QED) is 0.822. The fraction of sp³-hybridized carbons (Fsp3) is 0.556. The molecular formula is C9H11Cl2N3O. The fourth-order valence-electron chi connectivity index (χ4n) is 1.74. The molecule has 0 amide bonds. The Labute approximate surface area is 97.8 Å². The van der Waals surface area contributed by atoms with Gasteiger partial charge in [0, 0.05) is 19.2 Å². The first-order valence-electron chi connectivity index (χ1n) is 4.78. The molecule has 0 aromatic carbocycles. The maximum absolute atomic E-state index is 9.55. The largest absolute Gasteiger partial charge is 0.391 e. The van der Waals surface area contributed by atoms with Crippen LogP contribution in [-0.4, -0.2) is 34.5 Å². The molecule has 1 aromatic heterocycles. The highest BCUT2D eigenvalue weighted by atomic mass is 35.5. The topological polar surface area (TPSA) is 49.2 Å². The fourth-order valence-corrected chi connectivity index (χ4v) is 2.09. The summed E-state index contributed by atoms with van der Waals surface area (Å²) in [6.07, 6.45) is 1.47. The summed E-state index contributed by atoms with van der Waals surface area (Å²) < 4.78 is 0. The van der Waals surface area contributed by atoms with Crippen molar-refractivity contribution in [2.45, 2.75) is 18.9 Å². The second-order valence-electron chi connectivity index (χ2n) is 3.59. The van der Waals surface area contributed by atoms with E-state index < -0.39 is 0 Å². The van der Waals surface area contributed by atoms with Gasteiger partial charge in [0.2, 0.25) is 0 Å². The third-order valence-corrected chi connectivity index (χ3v) is 2.89. The molecule has 1 fully saturated rings. The van der Waals surface area contributed by atoms with Crippen LogP contribution in [0.25, 0.3) is 0 Å². The Morgan fingerprint density at radius 2 is 2.20 bits per heavy atom. The Balaban J connectivity index is 2.24. The number of halogens is 2. The molecule has 15 heavy (non-hydrogen) atoms. The predicted octanol–water partition coefficient (Wildman–Crippen LogP) is 1.74. The molecule has 1 saturated heterocycles. The number of β-amino-alcohol motifs (C(OH)–C–C–N with tert-alkyl or cyclic N) is 1. The lowest BCUT2D eigenvalue weighted by Crippen LogP contribution is -2.38. The first-order valence-corrected chi connectivity index (χ1v) is 5.54. The van der Waals surface area contributed by atoms with Gasteiger partial charge in [-0.2, -0.15) is 0 Å². The standard InChI is InChI=1S/C9H11Cl2N3O/c10-8-4-7(9(11)13-12-8)14-3-1-2-6(15)5-14/h4,6,15H,1-3,5H2. The maximum atomic E-state index is 9.55. The first-order chi connectivity index (χ1) is 7.16. The summed E-state index contributed by atoms with van der Waals surface area (Å²) in [7, 11) is 0. The van der Waals surface area contributed by atoms with E-state index in [0.29, 0.717) is 16.9 Å². The molecule has 1 N–H and O–H groups in total. The van der Waals surface area contributed by atoms with E-state index in [9.17, 15) is 5.11 Å². The van der Waals surface area contributed by atoms with Crippen LogP contribution in [0.4, 0.5) is 5.69 Å². The SMILES string of the molecule is OC1CCCN(c2cc(Cl)nnc2Cl)C1. The molecule has 4 nitrogen and oxygen atoms in total. The molecule has 82 valence electrons. The Bertz CT molecular complexity index is 361. The molecule has 0 saturated carbocycles. The average molecular weight is 248 g/mol. The van der Waals surface area contributed by atoms with Crippen molar-refractivity contribution >= 4 is 28.9 Å². The summed E-state index contributed by atoms with van der Waals surface area (Å²) in [6, 6.07) is 1.68. The average Bonchev–Trinajstić information content (AvgIpc) is 2.22. The van der Waals surface area contributed by atoms with Crippen molar-refractivity contribution in [3.63, 3.8) is 0 Å². The lowest BCUT2D eigenvalue weighted by Gasteiger charge is -2.31. The van der Waals surface area contributed by atoms with E-state index in [-0.39, 0.29) is 6.10 Å². The molecule has 2 heterocycles. The zero-order valence-electron chi connectivity index (χ0n) is 8.03. The predicted molar refractivity (Wildman–Crippen MR) is 59.5 cm³/mol. The number of hydrogen-bond acceptors (Lipinski definition) is 4. The number of aliphatic hydroxyl groups is 1. The molecule has 6 heteroatoms. The highest BCUT2D eigenvalue weighted by Gasteiger charge is 2.20. The van der Waals surface area contributed by atoms with Crippen molar-refractivity contribution in [3.8, 4) is 0 Å². The third kappa shape index (κ3) is 2.51. The van der Waals surface area contributed by atoms with Crippen LogP contribution in [0, 0.1) is 0 Å². The van der Waals surface area contributed by atoms with Gasteiger partial charge in [-0.1, -0.05) is 23.2 Å². The molecule has 0 aliphatic carbocycles. The second-order valence-corrected chi connectivity index (χ2v) is 4.33. The monoisotopic (exact) mass is 247 g/mol. The summed E-state index contributed by atoms with van der Waals surface area (Å²) in [5.74, 6) is 0. The van der Waals surface area contributed by atoms with Gasteiger partial charge in [-0.15, -0.1) is 10.2 Å². The molecule has 1 aliphatic rings. The molecule has 1 atom stereocenters. The number of aliphatic hydroxyl groups excluding tert-OH is 1. The van der Waals surface area contributed by atoms with Crippen LogP contribution < -0.4 is 4.90 Å². The van der Waals surface area contributed by atoms with Gasteiger partial charge < -0.3 is 10.0 Å². The molecule has 1 aromatic rings. The minimum absolute atomic E-state index is 0.304. The minimum Gasteiger partial charge on any atom is -0.391 e. The number of piperidine rings is 1. The zero-order valence-corrected chi connectivity index (χ0v) is 9.54. The van der Waals surface area contributed by atoms with Crippen molar-refractivity contribution in [2.24, 2.45) is 0 Å². The summed E-state index contributed by atoms with van der Waals surface area (Å²) in [4.78, 5) is 1.98. The summed E-state index contributed by atoms with van der Waals surface area (Å²) in [6.45, 7) is 1.43. The molecular weight excluding hydrogens is 237 g/mol. The Morgan fingerprint density at radius 3 is 2.93 bits per heavy atom. The zero-order chi connectivity index (χ0) is 10.8. The van der Waals surface area contributed by atoms with Crippen molar-refractivity contribution < 1.29 is 5.11 Å². The van der Waals surface area contributed by atoms with Crippen LogP contribution in [0.2, 0.25) is 10.3 Å². The van der Waals surface area contributed by atoms with E-state index in [4.69, 9.17) is 23.2 Å². The van der Waals surface area contributed by atoms with Gasteiger partial charge in [0.1, 0.15) is 0 Å². The van der Waals surface area contributed by atoms with Crippen LogP contribution in [0.1, 0.15) is 12.8 Å². The molecule has 0 bridgehead atoms. The van der Waals surface area contributed by atoms with Crippen LogP contribution in [0.3, 0.4) is 0 Å². The Kier molecular flexibility index (Phi) is 3.29. The molecule has 0 spiro atoms. The number of nitrogens with zero attached hydrogens (tertiary/aromatic N) is 3. The highest BCUT2D eigenvalue weighted by molar-refractivity contribution is 6.33. The van der Waals surface area contributed by atoms with Gasteiger partial charge in [0.05, 0.1) is 11.8 Å². The number of hydrogen-bond donors (Lipinski definition) is 1. The molecule has 0 radical (unpaired) electrons. The van der Waals surface area contributed by atoms with Crippen LogP contribution >= 0.6 is 23.2 Å². The van der Waals surface area contributed by atoms with E-state index in [0.717, 1.165) is 25.1 Å². The van der Waals surface area contributed by atoms with Gasteiger partial charge in [-0.25, -0.2) is 0 Å². The number of aromatic nitrogens is 2. The minimum atomic E-state index is -0.304. The lowest BCUT2D eigenvalue weighted by molar-refractivity contribution is 0.154. The van der Waals surface area contributed by atoms with Crippen molar-refractivity contribution in [3.05, 3.63) is 16.4 Å². The summed E-state index contributed by atoms with van der Waals surface area (Å²) in [5.41, 5.74) is 0.746. The lowest BCUT2D eigenvalue weighted by atomic mass is 10.1. The van der Waals surface area contributed by atoms with Gasteiger partial charge >= 0.3 is 0 Å². The van der Waals surface area contributed by atoms with E-state index in [1.807, 2.05) is 4.90 Å². The van der Waals surface area contributed by atoms with E-state index >= 15 is 0 Å². The van der Waals surface area contributed by atoms with E-state index in [1.54, 1.807) is 6.07 Å². The normalized spacial score (nSPS) is 21.8. The van der Waals surface area contributed by atoms with Crippen molar-refractivity contribution in [1.82, 2.24) is 10.2 Å². The van der Waals surface area contributed by atoms with Gasteiger partial charge in [-0.3, -0.25) is 0 Å². The van der Waals surface area contributed by atoms with Gasteiger partial charge in [-0.05, 0) is 12.8 Å². The highest BCUT2D eigenvalue weighted by Crippen LogP contribution is 2.27. The number of anilines is 1. The maximum Gasteiger partial charge on any atom is 0.175 e. The van der Waals surface area contributed by atoms with Crippen molar-refractivity contribution in [1.29, 1.82) is 0 Å². The molecule has 1 unspecified atom stereocenters. The first kappa shape index (κ1) is 10.9. The summed E-state index contributed by atoms with van der Waals surface area (Å²) in [5, 5.41) is 17.6. The van der Waals surface area contributed by atoms with E-state index in [2.05, 4.69) is 10.2 Å². The molecule has 1 aliphatic heterocycles.